The zero-order valence-corrected chi connectivity index (χ0v) is 15.5. The Labute approximate surface area is 145 Å². The summed E-state index contributed by atoms with van der Waals surface area (Å²) in [5.41, 5.74) is 0.862. The van der Waals surface area contributed by atoms with Crippen LogP contribution in [0.3, 0.4) is 0 Å². The Hall–Kier alpha value is -0.950. The topological polar surface area (TPSA) is 51.0 Å². The molecule has 5 nitrogen and oxygen atoms in total. The van der Waals surface area contributed by atoms with E-state index in [1.807, 2.05) is 30.3 Å². The summed E-state index contributed by atoms with van der Waals surface area (Å²) in [6, 6.07) is 10.0. The minimum Gasteiger partial charge on any atom is -0.364 e. The number of rotatable bonds is 4. The molecule has 2 aliphatic heterocycles. The third kappa shape index (κ3) is 4.36. The van der Waals surface area contributed by atoms with E-state index >= 15 is 0 Å². The minimum atomic E-state index is -3.21. The van der Waals surface area contributed by atoms with Crippen LogP contribution < -0.4 is 4.90 Å². The van der Waals surface area contributed by atoms with E-state index in [-0.39, 0.29) is 5.75 Å². The van der Waals surface area contributed by atoms with Gasteiger partial charge in [-0.25, -0.2) is 12.7 Å². The molecule has 0 aliphatic carbocycles. The van der Waals surface area contributed by atoms with Crippen LogP contribution in [-0.2, 0) is 20.5 Å². The molecule has 1 aromatic rings. The quantitative estimate of drug-likeness (QED) is 0.866. The molecule has 24 heavy (non-hydrogen) atoms. The maximum Gasteiger partial charge on any atom is 0.218 e. The van der Waals surface area contributed by atoms with Gasteiger partial charge in [-0.3, -0.25) is 0 Å². The van der Waals surface area contributed by atoms with Gasteiger partial charge in [0, 0.05) is 25.9 Å². The molecule has 1 unspecified atom stereocenters. The van der Waals surface area contributed by atoms with Gasteiger partial charge in [-0.2, -0.15) is 0 Å². The molecular formula is C18H29N2O3S+. The van der Waals surface area contributed by atoms with Crippen LogP contribution >= 0.6 is 0 Å². The molecule has 134 valence electrons. The number of hydrogen-bond donors (Lipinski definition) is 1. The number of benzene rings is 1. The lowest BCUT2D eigenvalue weighted by molar-refractivity contribution is -0.940. The molecule has 0 radical (unpaired) electrons. The van der Waals surface area contributed by atoms with E-state index in [1.54, 1.807) is 9.21 Å². The maximum atomic E-state index is 12.6. The van der Waals surface area contributed by atoms with Gasteiger partial charge in [0.15, 0.2) is 0 Å². The predicted octanol–water partition coefficient (Wildman–Crippen LogP) is 0.673. The highest BCUT2D eigenvalue weighted by Gasteiger charge is 2.36. The maximum absolute atomic E-state index is 12.6. The molecule has 3 atom stereocenters. The van der Waals surface area contributed by atoms with Gasteiger partial charge in [-0.1, -0.05) is 30.3 Å². The van der Waals surface area contributed by atoms with Crippen LogP contribution in [0.4, 0.5) is 0 Å². The second-order valence-corrected chi connectivity index (χ2v) is 9.21. The number of nitrogens with zero attached hydrogens (tertiary/aromatic N) is 1. The number of ether oxygens (including phenoxy) is 1. The van der Waals surface area contributed by atoms with E-state index in [0.29, 0.717) is 31.3 Å². The lowest BCUT2D eigenvalue weighted by Gasteiger charge is -2.40. The Morgan fingerprint density at radius 3 is 2.25 bits per heavy atom. The van der Waals surface area contributed by atoms with E-state index in [4.69, 9.17) is 4.74 Å². The van der Waals surface area contributed by atoms with E-state index in [0.717, 1.165) is 31.5 Å². The fourth-order valence-electron chi connectivity index (χ4n) is 4.07. The van der Waals surface area contributed by atoms with Gasteiger partial charge < -0.3 is 9.64 Å². The zero-order valence-electron chi connectivity index (χ0n) is 14.6. The van der Waals surface area contributed by atoms with Crippen LogP contribution in [0.2, 0.25) is 0 Å². The third-order valence-electron chi connectivity index (χ3n) is 5.18. The van der Waals surface area contributed by atoms with Crippen LogP contribution in [0, 0.1) is 0 Å². The van der Waals surface area contributed by atoms with Crippen LogP contribution in [0.5, 0.6) is 0 Å². The molecule has 2 aliphatic rings. The van der Waals surface area contributed by atoms with Crippen molar-refractivity contribution < 1.29 is 18.1 Å². The average molecular weight is 354 g/mol. The van der Waals surface area contributed by atoms with Crippen LogP contribution in [-0.4, -0.2) is 57.2 Å². The standard InChI is InChI=1S/C18H28N2O3S/c1-15-12-19(13-16(2)23-15)18-8-10-20(11-9-18)24(21,22)14-17-6-4-3-5-7-17/h3-7,15-16,18H,8-14H2,1-2H3/p+1/t15-,16+. The van der Waals surface area contributed by atoms with Crippen molar-refractivity contribution in [1.82, 2.24) is 4.31 Å². The van der Waals surface area contributed by atoms with E-state index in [2.05, 4.69) is 13.8 Å². The van der Waals surface area contributed by atoms with Crippen molar-refractivity contribution in [2.24, 2.45) is 0 Å². The molecule has 0 bridgehead atoms. The molecule has 0 aromatic heterocycles. The van der Waals surface area contributed by atoms with E-state index < -0.39 is 10.0 Å². The summed E-state index contributed by atoms with van der Waals surface area (Å²) in [4.78, 5) is 1.58. The van der Waals surface area contributed by atoms with Crippen LogP contribution in [0.15, 0.2) is 30.3 Å². The van der Waals surface area contributed by atoms with Crippen molar-refractivity contribution in [3.63, 3.8) is 0 Å². The summed E-state index contributed by atoms with van der Waals surface area (Å²) in [6.07, 6.45) is 2.48. The zero-order chi connectivity index (χ0) is 17.2. The molecule has 1 N–H and O–H groups in total. The minimum absolute atomic E-state index is 0.108. The van der Waals surface area contributed by atoms with Gasteiger partial charge in [0.05, 0.1) is 11.8 Å². The number of piperidine rings is 1. The molecule has 6 heteroatoms. The lowest BCUT2D eigenvalue weighted by atomic mass is 10.0. The first-order valence-electron chi connectivity index (χ1n) is 8.96. The highest BCUT2D eigenvalue weighted by molar-refractivity contribution is 7.88. The first-order valence-corrected chi connectivity index (χ1v) is 10.6. The predicted molar refractivity (Wildman–Crippen MR) is 94.4 cm³/mol. The average Bonchev–Trinajstić information content (AvgIpc) is 2.54. The Balaban J connectivity index is 1.56. The Kier molecular flexibility index (Phi) is 5.59. The van der Waals surface area contributed by atoms with Gasteiger partial charge >= 0.3 is 0 Å². The second-order valence-electron chi connectivity index (χ2n) is 7.24. The smallest absolute Gasteiger partial charge is 0.218 e. The summed E-state index contributed by atoms with van der Waals surface area (Å²) < 4.78 is 32.8. The SMILES string of the molecule is C[C@@H]1C[NH+](C2CCN(S(=O)(=O)Cc3ccccc3)CC2)C[C@H](C)O1. The van der Waals surface area contributed by atoms with Crippen molar-refractivity contribution in [3.05, 3.63) is 35.9 Å². The van der Waals surface area contributed by atoms with E-state index in [9.17, 15) is 8.42 Å². The second kappa shape index (κ2) is 7.52. The normalized spacial score (nSPS) is 30.3. The molecule has 0 saturated carbocycles. The Bertz CT molecular complexity index is 617. The number of quaternary nitrogens is 1. The summed E-state index contributed by atoms with van der Waals surface area (Å²) in [5.74, 6) is 0.108. The van der Waals surface area contributed by atoms with Crippen LogP contribution in [0.25, 0.3) is 0 Å². The number of hydrogen-bond acceptors (Lipinski definition) is 3. The number of morpholine rings is 1. The molecule has 1 aromatic carbocycles. The fourth-order valence-corrected chi connectivity index (χ4v) is 5.63. The summed E-state index contributed by atoms with van der Waals surface area (Å²) in [5, 5.41) is 0. The summed E-state index contributed by atoms with van der Waals surface area (Å²) in [6.45, 7) is 7.63. The highest BCUT2D eigenvalue weighted by atomic mass is 32.2. The van der Waals surface area contributed by atoms with Crippen molar-refractivity contribution >= 4 is 10.0 Å². The van der Waals surface area contributed by atoms with Crippen molar-refractivity contribution in [3.8, 4) is 0 Å². The van der Waals surface area contributed by atoms with Crippen molar-refractivity contribution in [2.45, 2.75) is 50.7 Å². The number of sulfonamides is 1. The molecule has 2 fully saturated rings. The van der Waals surface area contributed by atoms with Gasteiger partial charge in [-0.15, -0.1) is 0 Å². The largest absolute Gasteiger partial charge is 0.364 e. The molecular weight excluding hydrogens is 324 g/mol. The summed E-state index contributed by atoms with van der Waals surface area (Å²) in [7, 11) is -3.21. The fraction of sp³-hybridized carbons (Fsp3) is 0.667. The van der Waals surface area contributed by atoms with Crippen molar-refractivity contribution in [2.75, 3.05) is 26.2 Å². The molecule has 0 spiro atoms. The molecule has 2 heterocycles. The lowest BCUT2D eigenvalue weighted by Crippen LogP contribution is -3.19. The van der Waals surface area contributed by atoms with Crippen molar-refractivity contribution in [1.29, 1.82) is 0 Å². The van der Waals surface area contributed by atoms with Gasteiger partial charge in [-0.05, 0) is 19.4 Å². The first-order chi connectivity index (χ1) is 11.4. The third-order valence-corrected chi connectivity index (χ3v) is 7.03. The Morgan fingerprint density at radius 2 is 1.67 bits per heavy atom. The molecule has 2 saturated heterocycles. The highest BCUT2D eigenvalue weighted by Crippen LogP contribution is 2.17. The van der Waals surface area contributed by atoms with Gasteiger partial charge in [0.2, 0.25) is 10.0 Å². The molecule has 3 rings (SSSR count). The Morgan fingerprint density at radius 1 is 1.08 bits per heavy atom. The number of nitrogens with one attached hydrogen (secondary N) is 1. The summed E-state index contributed by atoms with van der Waals surface area (Å²) >= 11 is 0. The van der Waals surface area contributed by atoms with Crippen LogP contribution in [0.1, 0.15) is 32.3 Å². The monoisotopic (exact) mass is 353 g/mol. The van der Waals surface area contributed by atoms with Gasteiger partial charge in [0.1, 0.15) is 25.3 Å². The molecule has 0 amide bonds. The van der Waals surface area contributed by atoms with E-state index in [1.165, 1.54) is 0 Å². The van der Waals surface area contributed by atoms with Gasteiger partial charge in [0.25, 0.3) is 0 Å². The first kappa shape index (κ1) is 17.9.